The highest BCUT2D eigenvalue weighted by molar-refractivity contribution is 5.84. The van der Waals surface area contributed by atoms with Gasteiger partial charge in [-0.2, -0.15) is 10.4 Å². The number of nitrogens with two attached hydrogens (primary N) is 1. The first kappa shape index (κ1) is 13.5. The van der Waals surface area contributed by atoms with Gasteiger partial charge in [-0.3, -0.25) is 0 Å². The zero-order valence-electron chi connectivity index (χ0n) is 12.4. The van der Waals surface area contributed by atoms with Crippen LogP contribution in [0.2, 0.25) is 0 Å². The van der Waals surface area contributed by atoms with Crippen molar-refractivity contribution in [1.29, 1.82) is 5.26 Å². The first-order valence-corrected chi connectivity index (χ1v) is 7.47. The van der Waals surface area contributed by atoms with Crippen molar-refractivity contribution >= 4 is 11.3 Å². The topological polar surface area (TPSA) is 96.1 Å². The van der Waals surface area contributed by atoms with Crippen LogP contribution in [0.15, 0.2) is 36.7 Å². The summed E-state index contributed by atoms with van der Waals surface area (Å²) < 4.78 is 1.77. The molecule has 7 heteroatoms. The fourth-order valence-corrected chi connectivity index (χ4v) is 3.10. The maximum absolute atomic E-state index is 9.07. The standard InChI is InChI=1S/C16H15N7/c17-9-22-7-6-12(8-22)16-21-13(11-4-2-1-3-5-11)14-15(18)19-10-20-23(14)16/h1-5,10,12H,6-8H2,(H2,18,19,20). The Morgan fingerprint density at radius 1 is 1.26 bits per heavy atom. The average Bonchev–Trinajstić information content (AvgIpc) is 3.20. The fourth-order valence-electron chi connectivity index (χ4n) is 3.10. The smallest absolute Gasteiger partial charge is 0.179 e. The Hall–Kier alpha value is -3.14. The Labute approximate surface area is 133 Å². The number of nitrogens with zero attached hydrogens (tertiary/aromatic N) is 6. The third-order valence-electron chi connectivity index (χ3n) is 4.23. The minimum Gasteiger partial charge on any atom is -0.382 e. The number of nitriles is 1. The second-order valence-corrected chi connectivity index (χ2v) is 5.62. The summed E-state index contributed by atoms with van der Waals surface area (Å²) in [5.41, 5.74) is 8.58. The summed E-state index contributed by atoms with van der Waals surface area (Å²) in [5, 5.41) is 13.4. The van der Waals surface area contributed by atoms with Crippen LogP contribution in [0, 0.1) is 11.5 Å². The molecule has 1 aliphatic heterocycles. The quantitative estimate of drug-likeness (QED) is 0.723. The van der Waals surface area contributed by atoms with Crippen molar-refractivity contribution in [2.24, 2.45) is 0 Å². The van der Waals surface area contributed by atoms with Crippen molar-refractivity contribution in [3.05, 3.63) is 42.5 Å². The van der Waals surface area contributed by atoms with Crippen LogP contribution in [0.4, 0.5) is 5.82 Å². The number of hydrogen-bond donors (Lipinski definition) is 1. The number of likely N-dealkylation sites (tertiary alicyclic amines) is 1. The molecule has 0 bridgehead atoms. The lowest BCUT2D eigenvalue weighted by molar-refractivity contribution is 0.475. The number of rotatable bonds is 2. The minimum absolute atomic E-state index is 0.161. The Morgan fingerprint density at radius 2 is 2.09 bits per heavy atom. The molecule has 7 nitrogen and oxygen atoms in total. The average molecular weight is 305 g/mol. The Morgan fingerprint density at radius 3 is 2.83 bits per heavy atom. The van der Waals surface area contributed by atoms with E-state index in [0.29, 0.717) is 12.4 Å². The maximum Gasteiger partial charge on any atom is 0.179 e. The number of imidazole rings is 1. The van der Waals surface area contributed by atoms with E-state index < -0.39 is 0 Å². The second-order valence-electron chi connectivity index (χ2n) is 5.62. The van der Waals surface area contributed by atoms with Crippen molar-refractivity contribution < 1.29 is 0 Å². The van der Waals surface area contributed by atoms with Crippen LogP contribution in [0.1, 0.15) is 18.2 Å². The lowest BCUT2D eigenvalue weighted by atomic mass is 10.1. The monoisotopic (exact) mass is 305 g/mol. The van der Waals surface area contributed by atoms with Gasteiger partial charge >= 0.3 is 0 Å². The molecular weight excluding hydrogens is 290 g/mol. The molecule has 1 unspecified atom stereocenters. The summed E-state index contributed by atoms with van der Waals surface area (Å²) in [7, 11) is 0. The van der Waals surface area contributed by atoms with E-state index in [1.807, 2.05) is 30.3 Å². The van der Waals surface area contributed by atoms with Crippen molar-refractivity contribution in [3.8, 4) is 17.5 Å². The number of anilines is 1. The molecule has 0 amide bonds. The first-order chi connectivity index (χ1) is 11.3. The number of fused-ring (bicyclic) bond motifs is 1. The van der Waals surface area contributed by atoms with Crippen molar-refractivity contribution in [3.63, 3.8) is 0 Å². The molecule has 0 saturated carbocycles. The molecule has 1 aromatic carbocycles. The minimum atomic E-state index is 0.161. The highest BCUT2D eigenvalue weighted by Crippen LogP contribution is 2.32. The van der Waals surface area contributed by atoms with E-state index >= 15 is 0 Å². The third kappa shape index (κ3) is 2.16. The molecule has 1 atom stereocenters. The summed E-state index contributed by atoms with van der Waals surface area (Å²) >= 11 is 0. The fraction of sp³-hybridized carbons (Fsp3) is 0.250. The third-order valence-corrected chi connectivity index (χ3v) is 4.23. The van der Waals surface area contributed by atoms with Gasteiger partial charge in [0.1, 0.15) is 23.4 Å². The van der Waals surface area contributed by atoms with E-state index in [1.165, 1.54) is 6.33 Å². The molecule has 0 spiro atoms. The molecule has 2 N–H and O–H groups in total. The van der Waals surface area contributed by atoms with Crippen LogP contribution < -0.4 is 5.73 Å². The van der Waals surface area contributed by atoms with Gasteiger partial charge in [0.15, 0.2) is 12.0 Å². The van der Waals surface area contributed by atoms with Gasteiger partial charge in [-0.15, -0.1) is 0 Å². The predicted octanol–water partition coefficient (Wildman–Crippen LogP) is 1.64. The van der Waals surface area contributed by atoms with Gasteiger partial charge in [-0.1, -0.05) is 30.3 Å². The summed E-state index contributed by atoms with van der Waals surface area (Å²) in [4.78, 5) is 10.7. The molecule has 23 heavy (non-hydrogen) atoms. The summed E-state index contributed by atoms with van der Waals surface area (Å²) in [6.45, 7) is 1.41. The zero-order valence-corrected chi connectivity index (χ0v) is 12.4. The Bertz CT molecular complexity index is 894. The number of nitrogen functional groups attached to an aromatic ring is 1. The molecule has 2 aromatic heterocycles. The Kier molecular flexibility index (Phi) is 3.08. The molecule has 0 aliphatic carbocycles. The SMILES string of the molecule is N#CN1CCC(c2nc(-c3ccccc3)c3c(N)ncnn23)C1. The molecular formula is C16H15N7. The van der Waals surface area contributed by atoms with E-state index in [9.17, 15) is 0 Å². The molecule has 3 aromatic rings. The van der Waals surface area contributed by atoms with E-state index in [4.69, 9.17) is 16.0 Å². The lowest BCUT2D eigenvalue weighted by Crippen LogP contribution is -2.14. The van der Waals surface area contributed by atoms with Gasteiger partial charge in [0.05, 0.1) is 0 Å². The van der Waals surface area contributed by atoms with E-state index in [0.717, 1.165) is 35.6 Å². The number of benzene rings is 1. The van der Waals surface area contributed by atoms with Gasteiger partial charge in [-0.05, 0) is 6.42 Å². The van der Waals surface area contributed by atoms with E-state index in [2.05, 4.69) is 16.3 Å². The molecule has 3 heterocycles. The van der Waals surface area contributed by atoms with Crippen LogP contribution in [0.25, 0.3) is 16.8 Å². The molecule has 1 aliphatic rings. The first-order valence-electron chi connectivity index (χ1n) is 7.47. The summed E-state index contributed by atoms with van der Waals surface area (Å²) in [6.07, 6.45) is 4.52. The van der Waals surface area contributed by atoms with Crippen LogP contribution in [0.5, 0.6) is 0 Å². The molecule has 114 valence electrons. The maximum atomic E-state index is 9.07. The van der Waals surface area contributed by atoms with Crippen LogP contribution in [0.3, 0.4) is 0 Å². The lowest BCUT2D eigenvalue weighted by Gasteiger charge is -2.08. The molecule has 4 rings (SSSR count). The van der Waals surface area contributed by atoms with Crippen LogP contribution in [-0.2, 0) is 0 Å². The van der Waals surface area contributed by atoms with Gasteiger partial charge in [0, 0.05) is 24.6 Å². The second kappa shape index (κ2) is 5.25. The van der Waals surface area contributed by atoms with Crippen molar-refractivity contribution in [2.45, 2.75) is 12.3 Å². The van der Waals surface area contributed by atoms with Crippen LogP contribution >= 0.6 is 0 Å². The number of hydrogen-bond acceptors (Lipinski definition) is 6. The van der Waals surface area contributed by atoms with Gasteiger partial charge < -0.3 is 10.6 Å². The van der Waals surface area contributed by atoms with Gasteiger partial charge in [-0.25, -0.2) is 14.5 Å². The number of aromatic nitrogens is 4. The Balaban J connectivity index is 1.90. The van der Waals surface area contributed by atoms with E-state index in [1.54, 1.807) is 9.42 Å². The molecule has 1 fully saturated rings. The van der Waals surface area contributed by atoms with Crippen molar-refractivity contribution in [2.75, 3.05) is 18.8 Å². The predicted molar refractivity (Wildman–Crippen MR) is 85.2 cm³/mol. The van der Waals surface area contributed by atoms with Gasteiger partial charge in [0.2, 0.25) is 0 Å². The normalized spacial score (nSPS) is 17.5. The highest BCUT2D eigenvalue weighted by Gasteiger charge is 2.29. The van der Waals surface area contributed by atoms with Crippen LogP contribution in [-0.4, -0.2) is 37.6 Å². The van der Waals surface area contributed by atoms with E-state index in [-0.39, 0.29) is 5.92 Å². The highest BCUT2D eigenvalue weighted by atomic mass is 15.3. The molecule has 0 radical (unpaired) electrons. The molecule has 1 saturated heterocycles. The van der Waals surface area contributed by atoms with Gasteiger partial charge in [0.25, 0.3) is 0 Å². The summed E-state index contributed by atoms with van der Waals surface area (Å²) in [5.74, 6) is 1.41. The van der Waals surface area contributed by atoms with Crippen molar-refractivity contribution in [1.82, 2.24) is 24.5 Å². The zero-order chi connectivity index (χ0) is 15.8. The largest absolute Gasteiger partial charge is 0.382 e. The summed E-state index contributed by atoms with van der Waals surface area (Å²) in [6, 6.07) is 9.88.